The van der Waals surface area contributed by atoms with Crippen molar-refractivity contribution in [3.05, 3.63) is 18.5 Å². The molecule has 5 heteroatoms. The monoisotopic (exact) mass is 206 g/mol. The summed E-state index contributed by atoms with van der Waals surface area (Å²) in [6, 6.07) is 1.96. The quantitative estimate of drug-likeness (QED) is 0.757. The van der Waals surface area contributed by atoms with Crippen LogP contribution in [0.5, 0.6) is 0 Å². The molecule has 1 heterocycles. The third kappa shape index (κ3) is 2.18. The van der Waals surface area contributed by atoms with E-state index < -0.39 is 0 Å². The Morgan fingerprint density at radius 1 is 1.67 bits per heavy atom. The Kier molecular flexibility index (Phi) is 2.45. The molecule has 2 rings (SSSR count). The molecule has 0 saturated heterocycles. The Balaban J connectivity index is 2.08. The smallest absolute Gasteiger partial charge is 0.321 e. The number of pyridine rings is 1. The lowest BCUT2D eigenvalue weighted by atomic mass is 10.3. The lowest BCUT2D eigenvalue weighted by Crippen LogP contribution is -2.38. The minimum absolute atomic E-state index is 0.115. The molecule has 1 fully saturated rings. The summed E-state index contributed by atoms with van der Waals surface area (Å²) in [5.41, 5.74) is 6.91. The van der Waals surface area contributed by atoms with Crippen LogP contribution in [0.25, 0.3) is 0 Å². The summed E-state index contributed by atoms with van der Waals surface area (Å²) in [7, 11) is 1.70. The van der Waals surface area contributed by atoms with Gasteiger partial charge in [0.15, 0.2) is 0 Å². The van der Waals surface area contributed by atoms with Crippen molar-refractivity contribution in [1.82, 2.24) is 10.3 Å². The molecule has 80 valence electrons. The highest BCUT2D eigenvalue weighted by atomic mass is 16.2. The first-order chi connectivity index (χ1) is 7.18. The van der Waals surface area contributed by atoms with Gasteiger partial charge in [0.05, 0.1) is 17.6 Å². The first-order valence-corrected chi connectivity index (χ1v) is 4.92. The van der Waals surface area contributed by atoms with Crippen LogP contribution in [0.4, 0.5) is 16.2 Å². The average Bonchev–Trinajstić information content (AvgIpc) is 3.01. The standard InChI is InChI=1S/C10H14N4O/c1-14(10(15)13-7-2-3-7)9-4-5-12-6-8(9)11/h4-7H,2-3,11H2,1H3,(H,13,15). The average molecular weight is 206 g/mol. The van der Waals surface area contributed by atoms with Crippen molar-refractivity contribution in [3.63, 3.8) is 0 Å². The van der Waals surface area contributed by atoms with Crippen molar-refractivity contribution < 1.29 is 4.79 Å². The van der Waals surface area contributed by atoms with Crippen LogP contribution in [0.2, 0.25) is 0 Å². The summed E-state index contributed by atoms with van der Waals surface area (Å²) in [6.45, 7) is 0. The van der Waals surface area contributed by atoms with Crippen molar-refractivity contribution in [2.24, 2.45) is 0 Å². The molecular formula is C10H14N4O. The Morgan fingerprint density at radius 2 is 2.40 bits per heavy atom. The van der Waals surface area contributed by atoms with Gasteiger partial charge in [-0.05, 0) is 18.9 Å². The number of carbonyl (C=O) groups is 1. The van der Waals surface area contributed by atoms with Gasteiger partial charge < -0.3 is 11.1 Å². The SMILES string of the molecule is CN(C(=O)NC1CC1)c1ccncc1N. The largest absolute Gasteiger partial charge is 0.396 e. The van der Waals surface area contributed by atoms with E-state index in [1.807, 2.05) is 0 Å². The summed E-state index contributed by atoms with van der Waals surface area (Å²) in [5, 5.41) is 2.89. The molecule has 2 amide bonds. The number of carbonyl (C=O) groups excluding carboxylic acids is 1. The molecule has 1 aliphatic rings. The maximum atomic E-state index is 11.7. The van der Waals surface area contributed by atoms with Gasteiger partial charge in [-0.3, -0.25) is 9.88 Å². The molecular weight excluding hydrogens is 192 g/mol. The van der Waals surface area contributed by atoms with Crippen LogP contribution in [0.3, 0.4) is 0 Å². The molecule has 0 radical (unpaired) electrons. The maximum absolute atomic E-state index is 11.7. The van der Waals surface area contributed by atoms with Gasteiger partial charge >= 0.3 is 6.03 Å². The topological polar surface area (TPSA) is 71.2 Å². The Bertz CT molecular complexity index is 375. The van der Waals surface area contributed by atoms with Crippen molar-refractivity contribution in [3.8, 4) is 0 Å². The maximum Gasteiger partial charge on any atom is 0.321 e. The number of hydrogen-bond acceptors (Lipinski definition) is 3. The van der Waals surface area contributed by atoms with E-state index in [4.69, 9.17) is 5.73 Å². The fourth-order valence-corrected chi connectivity index (χ4v) is 1.31. The van der Waals surface area contributed by atoms with E-state index in [1.54, 1.807) is 19.3 Å². The Labute approximate surface area is 88.3 Å². The molecule has 3 N–H and O–H groups in total. The third-order valence-electron chi connectivity index (χ3n) is 2.40. The summed E-state index contributed by atoms with van der Waals surface area (Å²) in [4.78, 5) is 17.1. The molecule has 5 nitrogen and oxygen atoms in total. The van der Waals surface area contributed by atoms with Crippen LogP contribution in [0.1, 0.15) is 12.8 Å². The normalized spacial score (nSPS) is 14.7. The number of nitrogens with zero attached hydrogens (tertiary/aromatic N) is 2. The van der Waals surface area contributed by atoms with Gasteiger partial charge in [-0.2, -0.15) is 0 Å². The molecule has 0 spiro atoms. The molecule has 1 saturated carbocycles. The van der Waals surface area contributed by atoms with E-state index in [2.05, 4.69) is 10.3 Å². The third-order valence-corrected chi connectivity index (χ3v) is 2.40. The minimum atomic E-state index is -0.115. The first kappa shape index (κ1) is 9.76. The number of rotatable bonds is 2. The van der Waals surface area contributed by atoms with Gasteiger partial charge in [0.2, 0.25) is 0 Å². The van der Waals surface area contributed by atoms with E-state index >= 15 is 0 Å². The first-order valence-electron chi connectivity index (χ1n) is 4.92. The molecule has 1 aromatic rings. The zero-order valence-corrected chi connectivity index (χ0v) is 8.60. The number of hydrogen-bond donors (Lipinski definition) is 2. The lowest BCUT2D eigenvalue weighted by Gasteiger charge is -2.19. The highest BCUT2D eigenvalue weighted by Crippen LogP contribution is 2.22. The van der Waals surface area contributed by atoms with Crippen LogP contribution >= 0.6 is 0 Å². The number of urea groups is 1. The second-order valence-electron chi connectivity index (χ2n) is 3.72. The Morgan fingerprint density at radius 3 is 3.00 bits per heavy atom. The fourth-order valence-electron chi connectivity index (χ4n) is 1.31. The van der Waals surface area contributed by atoms with Crippen molar-refractivity contribution in [1.29, 1.82) is 0 Å². The van der Waals surface area contributed by atoms with E-state index in [1.165, 1.54) is 11.1 Å². The number of nitrogens with two attached hydrogens (primary N) is 1. The second-order valence-corrected chi connectivity index (χ2v) is 3.72. The van der Waals surface area contributed by atoms with Gasteiger partial charge in [0, 0.05) is 19.3 Å². The number of anilines is 2. The molecule has 0 bridgehead atoms. The molecule has 0 aliphatic heterocycles. The zero-order chi connectivity index (χ0) is 10.8. The van der Waals surface area contributed by atoms with Gasteiger partial charge in [0.25, 0.3) is 0 Å². The summed E-state index contributed by atoms with van der Waals surface area (Å²) in [5.74, 6) is 0. The molecule has 0 atom stereocenters. The predicted molar refractivity (Wildman–Crippen MR) is 58.6 cm³/mol. The molecule has 0 unspecified atom stereocenters. The van der Waals surface area contributed by atoms with Gasteiger partial charge in [-0.15, -0.1) is 0 Å². The van der Waals surface area contributed by atoms with Crippen LogP contribution in [0, 0.1) is 0 Å². The van der Waals surface area contributed by atoms with Crippen LogP contribution < -0.4 is 16.0 Å². The number of amides is 2. The minimum Gasteiger partial charge on any atom is -0.396 e. The molecule has 1 aliphatic carbocycles. The van der Waals surface area contributed by atoms with Crippen molar-refractivity contribution in [2.45, 2.75) is 18.9 Å². The molecule has 1 aromatic heterocycles. The van der Waals surface area contributed by atoms with Crippen molar-refractivity contribution >= 4 is 17.4 Å². The van der Waals surface area contributed by atoms with Gasteiger partial charge in [0.1, 0.15) is 0 Å². The molecule has 0 aromatic carbocycles. The molecule has 15 heavy (non-hydrogen) atoms. The van der Waals surface area contributed by atoms with E-state index in [0.717, 1.165) is 12.8 Å². The number of nitrogen functional groups attached to an aromatic ring is 1. The Hall–Kier alpha value is -1.78. The summed E-state index contributed by atoms with van der Waals surface area (Å²) in [6.07, 6.45) is 5.31. The number of nitrogens with one attached hydrogen (secondary N) is 1. The highest BCUT2D eigenvalue weighted by molar-refractivity contribution is 5.94. The predicted octanol–water partition coefficient (Wildman–Crippen LogP) is 0.972. The van der Waals surface area contributed by atoms with E-state index in [-0.39, 0.29) is 6.03 Å². The number of aromatic nitrogens is 1. The van der Waals surface area contributed by atoms with Gasteiger partial charge in [-0.1, -0.05) is 0 Å². The zero-order valence-electron chi connectivity index (χ0n) is 8.60. The lowest BCUT2D eigenvalue weighted by molar-refractivity contribution is 0.247. The summed E-state index contributed by atoms with van der Waals surface area (Å²) >= 11 is 0. The summed E-state index contributed by atoms with van der Waals surface area (Å²) < 4.78 is 0. The second kappa shape index (κ2) is 3.76. The van der Waals surface area contributed by atoms with Crippen LogP contribution in [0.15, 0.2) is 18.5 Å². The van der Waals surface area contributed by atoms with Crippen LogP contribution in [-0.4, -0.2) is 24.1 Å². The van der Waals surface area contributed by atoms with Gasteiger partial charge in [-0.25, -0.2) is 4.79 Å². The van der Waals surface area contributed by atoms with E-state index in [9.17, 15) is 4.79 Å². The van der Waals surface area contributed by atoms with E-state index in [0.29, 0.717) is 17.4 Å². The van der Waals surface area contributed by atoms with Crippen molar-refractivity contribution in [2.75, 3.05) is 17.7 Å². The highest BCUT2D eigenvalue weighted by Gasteiger charge is 2.25. The fraction of sp³-hybridized carbons (Fsp3) is 0.400. The van der Waals surface area contributed by atoms with Crippen LogP contribution in [-0.2, 0) is 0 Å².